The molecule has 3 N–H and O–H groups in total. The summed E-state index contributed by atoms with van der Waals surface area (Å²) in [7, 11) is 3.44. The molecule has 0 fully saturated rings. The van der Waals surface area contributed by atoms with E-state index in [1.54, 1.807) is 13.1 Å². The van der Waals surface area contributed by atoms with Gasteiger partial charge >= 0.3 is 0 Å². The lowest BCUT2D eigenvalue weighted by atomic mass is 10.1. The van der Waals surface area contributed by atoms with Gasteiger partial charge in [0.25, 0.3) is 0 Å². The van der Waals surface area contributed by atoms with Crippen molar-refractivity contribution in [2.45, 2.75) is 6.54 Å². The van der Waals surface area contributed by atoms with E-state index >= 15 is 0 Å². The van der Waals surface area contributed by atoms with Crippen LogP contribution in [0.25, 0.3) is 0 Å². The lowest BCUT2D eigenvalue weighted by Gasteiger charge is -2.21. The van der Waals surface area contributed by atoms with Gasteiger partial charge in [-0.1, -0.05) is 17.7 Å². The monoisotopic (exact) mass is 241 g/mol. The number of hydrogen-bond acceptors (Lipinski definition) is 3. The van der Waals surface area contributed by atoms with Gasteiger partial charge in [-0.3, -0.25) is 4.79 Å². The Morgan fingerprint density at radius 3 is 2.81 bits per heavy atom. The van der Waals surface area contributed by atoms with Crippen LogP contribution in [0.15, 0.2) is 18.2 Å². The van der Waals surface area contributed by atoms with Gasteiger partial charge in [0.15, 0.2) is 0 Å². The van der Waals surface area contributed by atoms with E-state index in [2.05, 4.69) is 5.32 Å². The van der Waals surface area contributed by atoms with E-state index in [-0.39, 0.29) is 12.5 Å². The Morgan fingerprint density at radius 2 is 2.25 bits per heavy atom. The van der Waals surface area contributed by atoms with Crippen LogP contribution in [-0.4, -0.2) is 26.5 Å². The Hall–Kier alpha value is -1.26. The minimum Gasteiger partial charge on any atom is -0.365 e. The van der Waals surface area contributed by atoms with E-state index in [4.69, 9.17) is 17.3 Å². The van der Waals surface area contributed by atoms with Crippen molar-refractivity contribution in [1.82, 2.24) is 5.32 Å². The molecule has 16 heavy (non-hydrogen) atoms. The van der Waals surface area contributed by atoms with E-state index in [0.29, 0.717) is 11.6 Å². The van der Waals surface area contributed by atoms with Crippen LogP contribution in [0.5, 0.6) is 0 Å². The average molecular weight is 242 g/mol. The smallest absolute Gasteiger partial charge is 0.239 e. The Balaban J connectivity index is 2.92. The van der Waals surface area contributed by atoms with Crippen LogP contribution in [0.3, 0.4) is 0 Å². The number of carbonyl (C=O) groups excluding carboxylic acids is 1. The van der Waals surface area contributed by atoms with E-state index in [1.165, 1.54) is 0 Å². The standard InChI is InChI=1S/C11H16ClN3O/c1-14-11(16)7-15(2)10-5-9(12)4-3-8(10)6-13/h3-5H,6-7,13H2,1-2H3,(H,14,16). The summed E-state index contributed by atoms with van der Waals surface area (Å²) in [5, 5.41) is 3.21. The summed E-state index contributed by atoms with van der Waals surface area (Å²) in [6.07, 6.45) is 0. The summed E-state index contributed by atoms with van der Waals surface area (Å²) in [4.78, 5) is 13.1. The molecule has 0 unspecified atom stereocenters. The van der Waals surface area contributed by atoms with Crippen LogP contribution in [0.2, 0.25) is 5.02 Å². The minimum atomic E-state index is -0.0505. The molecule has 0 spiro atoms. The van der Waals surface area contributed by atoms with Crippen molar-refractivity contribution in [2.75, 3.05) is 25.5 Å². The topological polar surface area (TPSA) is 58.4 Å². The number of hydrogen-bond donors (Lipinski definition) is 2. The maximum absolute atomic E-state index is 11.3. The van der Waals surface area contributed by atoms with Gasteiger partial charge in [-0.05, 0) is 17.7 Å². The summed E-state index contributed by atoms with van der Waals surface area (Å²) < 4.78 is 0. The molecule has 4 nitrogen and oxygen atoms in total. The number of benzene rings is 1. The van der Waals surface area contributed by atoms with Gasteiger partial charge in [-0.25, -0.2) is 0 Å². The van der Waals surface area contributed by atoms with Crippen LogP contribution < -0.4 is 16.0 Å². The number of nitrogens with zero attached hydrogens (tertiary/aromatic N) is 1. The van der Waals surface area contributed by atoms with E-state index in [0.717, 1.165) is 11.3 Å². The Labute approximate surface area is 100 Å². The molecule has 0 aliphatic carbocycles. The van der Waals surface area contributed by atoms with Gasteiger partial charge in [-0.2, -0.15) is 0 Å². The molecule has 0 saturated heterocycles. The first-order chi connectivity index (χ1) is 7.58. The number of likely N-dealkylation sites (N-methyl/N-ethyl adjacent to an activating group) is 2. The first-order valence-corrected chi connectivity index (χ1v) is 5.36. The van der Waals surface area contributed by atoms with Crippen molar-refractivity contribution >= 4 is 23.2 Å². The summed E-state index contributed by atoms with van der Waals surface area (Å²) in [5.74, 6) is -0.0505. The summed E-state index contributed by atoms with van der Waals surface area (Å²) in [6.45, 7) is 0.703. The molecule has 1 aromatic carbocycles. The Bertz CT molecular complexity index is 381. The van der Waals surface area contributed by atoms with Crippen molar-refractivity contribution in [3.05, 3.63) is 28.8 Å². The lowest BCUT2D eigenvalue weighted by Crippen LogP contribution is -2.33. The summed E-state index contributed by atoms with van der Waals surface area (Å²) >= 11 is 5.92. The highest BCUT2D eigenvalue weighted by atomic mass is 35.5. The molecule has 0 aromatic heterocycles. The fourth-order valence-corrected chi connectivity index (χ4v) is 1.61. The van der Waals surface area contributed by atoms with E-state index in [9.17, 15) is 4.79 Å². The van der Waals surface area contributed by atoms with Crippen molar-refractivity contribution in [3.63, 3.8) is 0 Å². The minimum absolute atomic E-state index is 0.0505. The second kappa shape index (κ2) is 5.72. The number of nitrogens with one attached hydrogen (secondary N) is 1. The maximum atomic E-state index is 11.3. The van der Waals surface area contributed by atoms with Crippen LogP contribution in [0.4, 0.5) is 5.69 Å². The molecule has 1 amide bonds. The van der Waals surface area contributed by atoms with Gasteiger partial charge in [0.2, 0.25) is 5.91 Å². The third-order valence-electron chi connectivity index (χ3n) is 2.34. The van der Waals surface area contributed by atoms with Crippen molar-refractivity contribution in [2.24, 2.45) is 5.73 Å². The highest BCUT2D eigenvalue weighted by Crippen LogP contribution is 2.23. The third-order valence-corrected chi connectivity index (χ3v) is 2.57. The molecular weight excluding hydrogens is 226 g/mol. The Kier molecular flexibility index (Phi) is 4.58. The maximum Gasteiger partial charge on any atom is 0.239 e. The van der Waals surface area contributed by atoms with E-state index < -0.39 is 0 Å². The zero-order valence-corrected chi connectivity index (χ0v) is 10.2. The van der Waals surface area contributed by atoms with Crippen molar-refractivity contribution < 1.29 is 4.79 Å². The fourth-order valence-electron chi connectivity index (χ4n) is 1.44. The largest absolute Gasteiger partial charge is 0.365 e. The first-order valence-electron chi connectivity index (χ1n) is 4.98. The highest BCUT2D eigenvalue weighted by molar-refractivity contribution is 6.30. The second-order valence-electron chi connectivity index (χ2n) is 3.51. The molecular formula is C11H16ClN3O. The first kappa shape index (κ1) is 12.8. The average Bonchev–Trinajstić information content (AvgIpc) is 2.28. The predicted molar refractivity (Wildman–Crippen MR) is 66.7 cm³/mol. The lowest BCUT2D eigenvalue weighted by molar-refractivity contribution is -0.119. The van der Waals surface area contributed by atoms with Crippen LogP contribution >= 0.6 is 11.6 Å². The molecule has 0 aliphatic heterocycles. The summed E-state index contributed by atoms with van der Waals surface area (Å²) in [5.41, 5.74) is 7.49. The number of halogens is 1. The van der Waals surface area contributed by atoms with Gasteiger partial charge in [0, 0.05) is 31.4 Å². The van der Waals surface area contributed by atoms with Crippen LogP contribution in [-0.2, 0) is 11.3 Å². The van der Waals surface area contributed by atoms with Crippen molar-refractivity contribution in [3.8, 4) is 0 Å². The molecule has 0 saturated carbocycles. The molecule has 0 aliphatic rings. The molecule has 0 heterocycles. The van der Waals surface area contributed by atoms with Gasteiger partial charge in [0.1, 0.15) is 0 Å². The molecule has 0 bridgehead atoms. The van der Waals surface area contributed by atoms with Crippen LogP contribution in [0, 0.1) is 0 Å². The predicted octanol–water partition coefficient (Wildman–Crippen LogP) is 0.981. The zero-order valence-electron chi connectivity index (χ0n) is 9.46. The molecule has 0 atom stereocenters. The van der Waals surface area contributed by atoms with Crippen LogP contribution in [0.1, 0.15) is 5.56 Å². The Morgan fingerprint density at radius 1 is 1.56 bits per heavy atom. The molecule has 5 heteroatoms. The summed E-state index contributed by atoms with van der Waals surface area (Å²) in [6, 6.07) is 5.48. The van der Waals surface area contributed by atoms with Gasteiger partial charge in [0.05, 0.1) is 6.54 Å². The highest BCUT2D eigenvalue weighted by Gasteiger charge is 2.10. The number of anilines is 1. The number of nitrogens with two attached hydrogens (primary N) is 1. The van der Waals surface area contributed by atoms with Crippen molar-refractivity contribution in [1.29, 1.82) is 0 Å². The number of amides is 1. The molecule has 1 rings (SSSR count). The third kappa shape index (κ3) is 3.12. The number of rotatable bonds is 4. The van der Waals surface area contributed by atoms with E-state index in [1.807, 2.05) is 24.1 Å². The quantitative estimate of drug-likeness (QED) is 0.826. The molecule has 1 aromatic rings. The normalized spacial score (nSPS) is 10.0. The second-order valence-corrected chi connectivity index (χ2v) is 3.94. The van der Waals surface area contributed by atoms with Gasteiger partial charge in [-0.15, -0.1) is 0 Å². The SMILES string of the molecule is CNC(=O)CN(C)c1cc(Cl)ccc1CN. The fraction of sp³-hybridized carbons (Fsp3) is 0.364. The zero-order chi connectivity index (χ0) is 12.1. The number of carbonyl (C=O) groups is 1. The molecule has 0 radical (unpaired) electrons. The molecule has 88 valence electrons. The van der Waals surface area contributed by atoms with Gasteiger partial charge < -0.3 is 16.0 Å².